The molecule has 2 saturated heterocycles. The fourth-order valence-electron chi connectivity index (χ4n) is 6.18. The largest absolute Gasteiger partial charge is 0.431 e. The van der Waals surface area contributed by atoms with Crippen LogP contribution in [0.15, 0.2) is 12.1 Å². The van der Waals surface area contributed by atoms with Gasteiger partial charge in [0.25, 0.3) is 5.91 Å². The van der Waals surface area contributed by atoms with Gasteiger partial charge in [-0.15, -0.1) is 0 Å². The Bertz CT molecular complexity index is 1100. The molecule has 13 heteroatoms. The average molecular weight is 515 g/mol. The topological polar surface area (TPSA) is 121 Å². The number of aliphatic hydroxyl groups is 1. The van der Waals surface area contributed by atoms with Crippen LogP contribution in [0.25, 0.3) is 0 Å². The summed E-state index contributed by atoms with van der Waals surface area (Å²) in [6, 6.07) is 1.42. The van der Waals surface area contributed by atoms with E-state index >= 15 is 0 Å². The lowest BCUT2D eigenvalue weighted by molar-refractivity contribution is -0.155. The van der Waals surface area contributed by atoms with Crippen LogP contribution in [-0.2, 0) is 11.0 Å². The van der Waals surface area contributed by atoms with Gasteiger partial charge in [0.2, 0.25) is 11.8 Å². The molecule has 1 unspecified atom stereocenters. The van der Waals surface area contributed by atoms with Crippen molar-refractivity contribution in [3.05, 3.63) is 23.5 Å². The van der Waals surface area contributed by atoms with Gasteiger partial charge in [-0.2, -0.15) is 18.4 Å². The first-order valence-corrected chi connectivity index (χ1v) is 11.8. The predicted octanol–water partition coefficient (Wildman–Crippen LogP) is 2.52. The number of carbonyl (C=O) groups is 2. The zero-order valence-corrected chi connectivity index (χ0v) is 19.2. The first kappa shape index (κ1) is 25.0. The second kappa shape index (κ2) is 8.14. The van der Waals surface area contributed by atoms with E-state index in [9.17, 15) is 41.9 Å². The molecule has 1 aromatic rings. The molecule has 2 amide bonds. The summed E-state index contributed by atoms with van der Waals surface area (Å²) in [6.07, 6.45) is -4.02. The third-order valence-electron chi connectivity index (χ3n) is 7.98. The molecular weight excluding hydrogens is 489 g/mol. The molecule has 36 heavy (non-hydrogen) atoms. The summed E-state index contributed by atoms with van der Waals surface area (Å²) in [7, 11) is 0. The Morgan fingerprint density at radius 2 is 1.94 bits per heavy atom. The van der Waals surface area contributed by atoms with Gasteiger partial charge in [-0.05, 0) is 44.2 Å². The molecular formula is C23H26F5N5O3. The summed E-state index contributed by atoms with van der Waals surface area (Å²) in [5.41, 5.74) is -2.68. The second-order valence-corrected chi connectivity index (χ2v) is 10.9. The minimum Gasteiger partial charge on any atom is -0.378 e. The van der Waals surface area contributed by atoms with Crippen molar-refractivity contribution < 1.29 is 36.6 Å². The first-order valence-electron chi connectivity index (χ1n) is 11.8. The molecule has 0 radical (unpaired) electrons. The van der Waals surface area contributed by atoms with E-state index in [1.165, 1.54) is 0 Å². The van der Waals surface area contributed by atoms with Gasteiger partial charge in [-0.1, -0.05) is 0 Å². The molecule has 3 heterocycles. The van der Waals surface area contributed by atoms with Crippen LogP contribution in [0.3, 0.4) is 0 Å². The molecule has 2 saturated carbocycles. The van der Waals surface area contributed by atoms with Crippen LogP contribution in [0.2, 0.25) is 0 Å². The van der Waals surface area contributed by atoms with Gasteiger partial charge in [0.05, 0.1) is 6.07 Å². The predicted molar refractivity (Wildman–Crippen MR) is 113 cm³/mol. The van der Waals surface area contributed by atoms with E-state index in [4.69, 9.17) is 0 Å². The lowest BCUT2D eigenvalue weighted by Gasteiger charge is -2.44. The summed E-state index contributed by atoms with van der Waals surface area (Å²) < 4.78 is 66.4. The van der Waals surface area contributed by atoms with Crippen molar-refractivity contribution in [1.82, 2.24) is 20.5 Å². The number of amides is 2. The number of carbonyl (C=O) groups excluding carboxylic acids is 2. The fourth-order valence-corrected chi connectivity index (χ4v) is 6.18. The summed E-state index contributed by atoms with van der Waals surface area (Å²) in [4.78, 5) is 29.3. The SMILES string of the molecule is N#C[C@H](C[C@@H]1CC2(CC2)NC1O)NC(=O)[C@@H]1CC2(CN1C(=O)c1ccc(C(F)(F)F)[nH]1)CC(F)(F)C2. The number of hydrogen-bond donors (Lipinski definition) is 4. The Balaban J connectivity index is 1.31. The molecule has 1 aromatic heterocycles. The third kappa shape index (κ3) is 4.56. The Labute approximate surface area is 203 Å². The molecule has 2 spiro atoms. The van der Waals surface area contributed by atoms with E-state index in [2.05, 4.69) is 10.6 Å². The summed E-state index contributed by atoms with van der Waals surface area (Å²) in [6.45, 7) is -0.203. The molecule has 0 bridgehead atoms. The number of nitrogens with zero attached hydrogens (tertiary/aromatic N) is 2. The Hall–Kier alpha value is -2.72. The quantitative estimate of drug-likeness (QED) is 0.449. The lowest BCUT2D eigenvalue weighted by Crippen LogP contribution is -2.49. The average Bonchev–Trinajstić information content (AvgIpc) is 3.12. The van der Waals surface area contributed by atoms with Gasteiger partial charge < -0.3 is 20.3 Å². The number of H-pyrrole nitrogens is 1. The fraction of sp³-hybridized carbons (Fsp3) is 0.696. The first-order chi connectivity index (χ1) is 16.7. The van der Waals surface area contributed by atoms with E-state index in [0.29, 0.717) is 12.5 Å². The third-order valence-corrected chi connectivity index (χ3v) is 7.98. The van der Waals surface area contributed by atoms with Crippen LogP contribution in [0.5, 0.6) is 0 Å². The van der Waals surface area contributed by atoms with E-state index in [1.807, 2.05) is 11.1 Å². The van der Waals surface area contributed by atoms with Gasteiger partial charge >= 0.3 is 6.18 Å². The molecule has 4 aliphatic rings. The number of halogens is 5. The maximum Gasteiger partial charge on any atom is 0.431 e. The minimum atomic E-state index is -4.71. The number of aromatic amines is 1. The molecule has 4 atom stereocenters. The zero-order chi connectivity index (χ0) is 26.1. The molecule has 0 aromatic carbocycles. The van der Waals surface area contributed by atoms with Crippen molar-refractivity contribution >= 4 is 11.8 Å². The number of hydrogen-bond acceptors (Lipinski definition) is 5. The van der Waals surface area contributed by atoms with Crippen LogP contribution in [0, 0.1) is 22.7 Å². The van der Waals surface area contributed by atoms with Gasteiger partial charge in [0.1, 0.15) is 29.7 Å². The highest BCUT2D eigenvalue weighted by atomic mass is 19.4. The normalized spacial score (nSPS) is 30.1. The number of nitriles is 1. The second-order valence-electron chi connectivity index (χ2n) is 10.9. The van der Waals surface area contributed by atoms with Crippen molar-refractivity contribution in [2.45, 2.75) is 80.9 Å². The summed E-state index contributed by atoms with van der Waals surface area (Å²) >= 11 is 0. The van der Waals surface area contributed by atoms with Crippen molar-refractivity contribution in [2.75, 3.05) is 6.54 Å². The molecule has 4 N–H and O–H groups in total. The van der Waals surface area contributed by atoms with Crippen molar-refractivity contribution in [1.29, 1.82) is 5.26 Å². The number of nitrogens with one attached hydrogen (secondary N) is 3. The monoisotopic (exact) mass is 515 g/mol. The maximum absolute atomic E-state index is 13.7. The summed E-state index contributed by atoms with van der Waals surface area (Å²) in [5.74, 6) is -4.84. The standard InChI is InChI=1S/C23H26F5N5O3/c24-22(25)9-20(10-22)7-15(33(11-20)19(36)14-1-2-16(31-14)23(26,27)28)18(35)30-13(8-29)5-12-6-21(3-4-21)32-17(12)34/h1-2,12-13,15,17,31-32,34H,3-7,9-11H2,(H,30,35)/t12-,13+,15+,17?/m1/s1. The van der Waals surface area contributed by atoms with Crippen LogP contribution in [0.1, 0.15) is 61.1 Å². The summed E-state index contributed by atoms with van der Waals surface area (Å²) in [5, 5.41) is 25.6. The number of aliphatic hydroxyl groups excluding tert-OH is 1. The van der Waals surface area contributed by atoms with E-state index in [1.54, 1.807) is 0 Å². The molecule has 4 fully saturated rings. The highest BCUT2D eigenvalue weighted by molar-refractivity contribution is 5.97. The number of alkyl halides is 5. The molecule has 2 aliphatic heterocycles. The minimum absolute atomic E-state index is 0.0815. The van der Waals surface area contributed by atoms with Crippen LogP contribution < -0.4 is 10.6 Å². The number of likely N-dealkylation sites (tertiary alicyclic amines) is 1. The van der Waals surface area contributed by atoms with Gasteiger partial charge in [-0.3, -0.25) is 14.9 Å². The smallest absolute Gasteiger partial charge is 0.378 e. The zero-order valence-electron chi connectivity index (χ0n) is 19.2. The van der Waals surface area contributed by atoms with E-state index in [-0.39, 0.29) is 30.8 Å². The van der Waals surface area contributed by atoms with Crippen molar-refractivity contribution in [2.24, 2.45) is 11.3 Å². The van der Waals surface area contributed by atoms with Crippen molar-refractivity contribution in [3.8, 4) is 6.07 Å². The Morgan fingerprint density at radius 3 is 2.47 bits per heavy atom. The highest BCUT2D eigenvalue weighted by Gasteiger charge is 2.62. The van der Waals surface area contributed by atoms with Gasteiger partial charge in [0, 0.05) is 36.3 Å². The lowest BCUT2D eigenvalue weighted by atomic mass is 9.65. The van der Waals surface area contributed by atoms with E-state index in [0.717, 1.165) is 23.8 Å². The van der Waals surface area contributed by atoms with Crippen LogP contribution in [-0.4, -0.2) is 63.1 Å². The molecule has 196 valence electrons. The van der Waals surface area contributed by atoms with Crippen LogP contribution >= 0.6 is 0 Å². The number of rotatable bonds is 5. The van der Waals surface area contributed by atoms with Crippen molar-refractivity contribution in [3.63, 3.8) is 0 Å². The van der Waals surface area contributed by atoms with Gasteiger partial charge in [-0.25, -0.2) is 8.78 Å². The molecule has 2 aliphatic carbocycles. The maximum atomic E-state index is 13.7. The van der Waals surface area contributed by atoms with Gasteiger partial charge in [0.15, 0.2) is 0 Å². The molecule has 8 nitrogen and oxygen atoms in total. The van der Waals surface area contributed by atoms with E-state index < -0.39 is 71.9 Å². The highest BCUT2D eigenvalue weighted by Crippen LogP contribution is 2.58. The molecule has 5 rings (SSSR count). The van der Waals surface area contributed by atoms with Crippen LogP contribution in [0.4, 0.5) is 22.0 Å². The number of aromatic nitrogens is 1. The Morgan fingerprint density at radius 1 is 1.25 bits per heavy atom. The Kier molecular flexibility index (Phi) is 5.64.